The Morgan fingerprint density at radius 1 is 1.28 bits per heavy atom. The maximum absolute atomic E-state index is 12.1. The van der Waals surface area contributed by atoms with Crippen LogP contribution in [0.25, 0.3) is 0 Å². The summed E-state index contributed by atoms with van der Waals surface area (Å²) < 4.78 is 0. The van der Waals surface area contributed by atoms with Crippen LogP contribution in [0.3, 0.4) is 0 Å². The smallest absolute Gasteiger partial charge is 0.237 e. The van der Waals surface area contributed by atoms with Gasteiger partial charge in [0.1, 0.15) is 0 Å². The predicted octanol–water partition coefficient (Wildman–Crippen LogP) is 1.99. The summed E-state index contributed by atoms with van der Waals surface area (Å²) >= 11 is 0. The minimum Gasteiger partial charge on any atom is -0.355 e. The van der Waals surface area contributed by atoms with E-state index in [1.165, 1.54) is 11.1 Å². The van der Waals surface area contributed by atoms with Crippen LogP contribution in [-0.4, -0.2) is 37.5 Å². The normalized spacial score (nSPS) is 12.5. The van der Waals surface area contributed by atoms with Gasteiger partial charge in [0.05, 0.1) is 6.04 Å². The Morgan fingerprint density at radius 2 is 1.89 bits per heavy atom. The number of carbonyl (C=O) groups excluding carboxylic acids is 1. The van der Waals surface area contributed by atoms with E-state index >= 15 is 0 Å². The molecule has 0 saturated carbocycles. The lowest BCUT2D eigenvalue weighted by atomic mass is 10.0. The minimum absolute atomic E-state index is 0.0979. The molecule has 0 spiro atoms. The molecule has 1 aromatic rings. The zero-order valence-corrected chi connectivity index (χ0v) is 11.9. The highest BCUT2D eigenvalue weighted by Gasteiger charge is 2.20. The second kappa shape index (κ2) is 7.17. The summed E-state index contributed by atoms with van der Waals surface area (Å²) in [5.41, 5.74) is 2.45. The molecule has 0 heterocycles. The summed E-state index contributed by atoms with van der Waals surface area (Å²) in [4.78, 5) is 14.0. The summed E-state index contributed by atoms with van der Waals surface area (Å²) in [6.45, 7) is 4.88. The number of carbonyl (C=O) groups is 1. The largest absolute Gasteiger partial charge is 0.355 e. The van der Waals surface area contributed by atoms with Crippen LogP contribution >= 0.6 is 0 Å². The van der Waals surface area contributed by atoms with Gasteiger partial charge in [-0.05, 0) is 39.4 Å². The highest BCUT2D eigenvalue weighted by molar-refractivity contribution is 5.82. The monoisotopic (exact) mass is 248 g/mol. The van der Waals surface area contributed by atoms with Crippen LogP contribution in [0.5, 0.6) is 0 Å². The Kier molecular flexibility index (Phi) is 5.86. The van der Waals surface area contributed by atoms with Crippen molar-refractivity contribution in [2.75, 3.05) is 20.6 Å². The van der Waals surface area contributed by atoms with Gasteiger partial charge in [0.25, 0.3) is 0 Å². The van der Waals surface area contributed by atoms with Gasteiger partial charge in [-0.25, -0.2) is 0 Å². The molecule has 0 aliphatic carbocycles. The third-order valence-corrected chi connectivity index (χ3v) is 3.02. The standard InChI is InChI=1S/C15H24N2O/c1-5-10-16-15(18)14(17(3)4)11-13-8-6-12(2)7-9-13/h6-9,14H,5,10-11H2,1-4H3,(H,16,18). The van der Waals surface area contributed by atoms with Crippen molar-refractivity contribution in [2.45, 2.75) is 32.7 Å². The minimum atomic E-state index is -0.0979. The number of amides is 1. The van der Waals surface area contributed by atoms with E-state index in [2.05, 4.69) is 43.4 Å². The Bertz CT molecular complexity index is 371. The SMILES string of the molecule is CCCNC(=O)C(Cc1ccc(C)cc1)N(C)C. The van der Waals surface area contributed by atoms with E-state index < -0.39 is 0 Å². The first-order valence-electron chi connectivity index (χ1n) is 6.54. The van der Waals surface area contributed by atoms with Gasteiger partial charge in [-0.1, -0.05) is 36.8 Å². The molecule has 0 aliphatic rings. The number of rotatable bonds is 6. The number of aryl methyl sites for hydroxylation is 1. The predicted molar refractivity (Wildman–Crippen MR) is 75.7 cm³/mol. The molecule has 0 bridgehead atoms. The molecule has 0 aliphatic heterocycles. The van der Waals surface area contributed by atoms with Gasteiger partial charge < -0.3 is 5.32 Å². The third kappa shape index (κ3) is 4.49. The molecule has 3 nitrogen and oxygen atoms in total. The van der Waals surface area contributed by atoms with E-state index in [0.717, 1.165) is 19.4 Å². The quantitative estimate of drug-likeness (QED) is 0.835. The first kappa shape index (κ1) is 14.7. The van der Waals surface area contributed by atoms with Crippen molar-refractivity contribution >= 4 is 5.91 Å². The highest BCUT2D eigenvalue weighted by Crippen LogP contribution is 2.09. The van der Waals surface area contributed by atoms with Gasteiger partial charge >= 0.3 is 0 Å². The van der Waals surface area contributed by atoms with Gasteiger partial charge in [-0.2, -0.15) is 0 Å². The fraction of sp³-hybridized carbons (Fsp3) is 0.533. The molecule has 3 heteroatoms. The van der Waals surface area contributed by atoms with Gasteiger partial charge in [0, 0.05) is 6.54 Å². The number of likely N-dealkylation sites (N-methyl/N-ethyl adjacent to an activating group) is 1. The topological polar surface area (TPSA) is 32.3 Å². The summed E-state index contributed by atoms with van der Waals surface area (Å²) in [6.07, 6.45) is 1.72. The number of benzene rings is 1. The zero-order chi connectivity index (χ0) is 13.5. The van der Waals surface area contributed by atoms with Crippen LogP contribution in [0, 0.1) is 6.92 Å². The molecule has 0 saturated heterocycles. The van der Waals surface area contributed by atoms with Gasteiger partial charge in [0.2, 0.25) is 5.91 Å². The second-order valence-corrected chi connectivity index (χ2v) is 4.96. The first-order chi connectivity index (χ1) is 8.54. The molecule has 0 aromatic heterocycles. The molecule has 1 aromatic carbocycles. The Morgan fingerprint density at radius 3 is 2.39 bits per heavy atom. The Hall–Kier alpha value is -1.35. The molecule has 0 fully saturated rings. The number of hydrogen-bond acceptors (Lipinski definition) is 2. The lowest BCUT2D eigenvalue weighted by Crippen LogP contribution is -2.45. The van der Waals surface area contributed by atoms with Gasteiger partial charge in [-0.15, -0.1) is 0 Å². The highest BCUT2D eigenvalue weighted by atomic mass is 16.2. The summed E-state index contributed by atoms with van der Waals surface area (Å²) in [6, 6.07) is 8.27. The summed E-state index contributed by atoms with van der Waals surface area (Å²) in [7, 11) is 3.90. The van der Waals surface area contributed by atoms with Crippen LogP contribution in [0.2, 0.25) is 0 Å². The molecule has 1 rings (SSSR count). The molecule has 100 valence electrons. The molecule has 1 atom stereocenters. The van der Waals surface area contributed by atoms with Crippen LogP contribution in [0.4, 0.5) is 0 Å². The van der Waals surface area contributed by atoms with Crippen molar-refractivity contribution in [3.8, 4) is 0 Å². The van der Waals surface area contributed by atoms with Crippen LogP contribution in [-0.2, 0) is 11.2 Å². The lowest BCUT2D eigenvalue weighted by molar-refractivity contribution is -0.125. The molecular weight excluding hydrogens is 224 g/mol. The van der Waals surface area contributed by atoms with Crippen molar-refractivity contribution in [3.63, 3.8) is 0 Å². The summed E-state index contributed by atoms with van der Waals surface area (Å²) in [5, 5.41) is 2.96. The molecule has 18 heavy (non-hydrogen) atoms. The van der Waals surface area contributed by atoms with Crippen molar-refractivity contribution in [2.24, 2.45) is 0 Å². The van der Waals surface area contributed by atoms with E-state index in [1.807, 2.05) is 19.0 Å². The van der Waals surface area contributed by atoms with E-state index in [4.69, 9.17) is 0 Å². The average Bonchev–Trinajstić information content (AvgIpc) is 2.34. The maximum atomic E-state index is 12.1. The van der Waals surface area contributed by atoms with Gasteiger partial charge in [0.15, 0.2) is 0 Å². The fourth-order valence-electron chi connectivity index (χ4n) is 1.82. The Balaban J connectivity index is 2.68. The van der Waals surface area contributed by atoms with Crippen LogP contribution in [0.1, 0.15) is 24.5 Å². The third-order valence-electron chi connectivity index (χ3n) is 3.02. The molecule has 1 amide bonds. The van der Waals surface area contributed by atoms with Crippen molar-refractivity contribution in [1.29, 1.82) is 0 Å². The fourth-order valence-corrected chi connectivity index (χ4v) is 1.82. The van der Waals surface area contributed by atoms with E-state index in [0.29, 0.717) is 0 Å². The molecule has 1 unspecified atom stereocenters. The van der Waals surface area contributed by atoms with E-state index in [1.54, 1.807) is 0 Å². The van der Waals surface area contributed by atoms with E-state index in [9.17, 15) is 4.79 Å². The molecule has 0 radical (unpaired) electrons. The molecule has 1 N–H and O–H groups in total. The van der Waals surface area contributed by atoms with Crippen molar-refractivity contribution < 1.29 is 4.79 Å². The number of nitrogens with one attached hydrogen (secondary N) is 1. The number of nitrogens with zero attached hydrogens (tertiary/aromatic N) is 1. The van der Waals surface area contributed by atoms with Crippen molar-refractivity contribution in [3.05, 3.63) is 35.4 Å². The van der Waals surface area contributed by atoms with E-state index in [-0.39, 0.29) is 11.9 Å². The van der Waals surface area contributed by atoms with Crippen molar-refractivity contribution in [1.82, 2.24) is 10.2 Å². The average molecular weight is 248 g/mol. The van der Waals surface area contributed by atoms with Crippen LogP contribution in [0.15, 0.2) is 24.3 Å². The lowest BCUT2D eigenvalue weighted by Gasteiger charge is -2.23. The second-order valence-electron chi connectivity index (χ2n) is 4.96. The zero-order valence-electron chi connectivity index (χ0n) is 11.9. The molecular formula is C15H24N2O. The maximum Gasteiger partial charge on any atom is 0.237 e. The number of hydrogen-bond donors (Lipinski definition) is 1. The Labute approximate surface area is 110 Å². The van der Waals surface area contributed by atoms with Crippen LogP contribution < -0.4 is 5.32 Å². The summed E-state index contributed by atoms with van der Waals surface area (Å²) in [5.74, 6) is 0.113. The van der Waals surface area contributed by atoms with Gasteiger partial charge in [-0.3, -0.25) is 9.69 Å². The first-order valence-corrected chi connectivity index (χ1v) is 6.54.